The highest BCUT2D eigenvalue weighted by Crippen LogP contribution is 2.00. The number of nitrogens with zero attached hydrogens (tertiary/aromatic N) is 2. The number of hydrogen-bond acceptors (Lipinski definition) is 3. The van der Waals surface area contributed by atoms with Gasteiger partial charge in [-0.2, -0.15) is 0 Å². The van der Waals surface area contributed by atoms with E-state index in [4.69, 9.17) is 5.50 Å². The number of nitrogen functional groups attached to an aromatic ring is 1. The van der Waals surface area contributed by atoms with Gasteiger partial charge in [-0.05, 0) is 0 Å². The lowest BCUT2D eigenvalue weighted by Crippen LogP contribution is -1.72. The van der Waals surface area contributed by atoms with Crippen LogP contribution in [0.4, 0.5) is 0 Å². The third-order valence-electron chi connectivity index (χ3n) is 0.437. The Hall–Kier alpha value is -0.400. The second kappa shape index (κ2) is 1.37. The van der Waals surface area contributed by atoms with Gasteiger partial charge in [-0.3, -0.25) is 5.50 Å². The van der Waals surface area contributed by atoms with Gasteiger partial charge in [0.2, 0.25) is 0 Å². The second-order valence-corrected chi connectivity index (χ2v) is 1.95. The fraction of sp³-hybridized carbons (Fsp3) is 0. The van der Waals surface area contributed by atoms with Crippen molar-refractivity contribution in [2.45, 2.75) is 0 Å². The van der Waals surface area contributed by atoms with Crippen LogP contribution in [-0.2, 0) is 0 Å². The van der Waals surface area contributed by atoms with Crippen molar-refractivity contribution >= 4 is 8.00 Å². The summed E-state index contributed by atoms with van der Waals surface area (Å²) in [4.78, 5) is 0. The number of nitrogens with two attached hydrogens (primary N) is 1. The number of hydrogen-bond donors (Lipinski definition) is 1. The van der Waals surface area contributed by atoms with Crippen LogP contribution in [0.25, 0.3) is 0 Å². The van der Waals surface area contributed by atoms with E-state index in [2.05, 4.69) is 9.49 Å². The summed E-state index contributed by atoms with van der Waals surface area (Å²) in [6.45, 7) is 0. The third kappa shape index (κ3) is 0.559. The van der Waals surface area contributed by atoms with E-state index >= 15 is 0 Å². The van der Waals surface area contributed by atoms with Crippen LogP contribution in [0, 0.1) is 0 Å². The van der Waals surface area contributed by atoms with Gasteiger partial charge in [0.1, 0.15) is 8.00 Å². The third-order valence-corrected chi connectivity index (χ3v) is 1.18. The van der Waals surface area contributed by atoms with E-state index < -0.39 is 8.00 Å². The molecule has 1 aromatic heterocycles. The van der Waals surface area contributed by atoms with Crippen LogP contribution < -0.4 is 5.50 Å². The largest absolute Gasteiger partial charge is 0.259 e. The summed E-state index contributed by atoms with van der Waals surface area (Å²) in [5.74, 6) is 0. The molecule has 0 amide bonds. The van der Waals surface area contributed by atoms with Gasteiger partial charge in [0.25, 0.3) is 0 Å². The summed E-state index contributed by atoms with van der Waals surface area (Å²) in [6.07, 6.45) is 3.23. The predicted molar refractivity (Wildman–Crippen MR) is 24.9 cm³/mol. The van der Waals surface area contributed by atoms with E-state index in [9.17, 15) is 0 Å². The molecule has 3 nitrogen and oxygen atoms in total. The van der Waals surface area contributed by atoms with Gasteiger partial charge in [0, 0.05) is 0 Å². The molecule has 0 aliphatic carbocycles. The van der Waals surface area contributed by atoms with Gasteiger partial charge in [-0.25, -0.2) is 9.49 Å². The molecular formula is C2H4N3P. The van der Waals surface area contributed by atoms with E-state index in [1.54, 1.807) is 12.4 Å². The van der Waals surface area contributed by atoms with Crippen molar-refractivity contribution in [2.75, 3.05) is 5.50 Å². The van der Waals surface area contributed by atoms with Crippen molar-refractivity contribution < 1.29 is 0 Å². The summed E-state index contributed by atoms with van der Waals surface area (Å²) in [5.41, 5.74) is 5.20. The van der Waals surface area contributed by atoms with Crippen molar-refractivity contribution in [1.82, 2.24) is 9.49 Å². The minimum absolute atomic E-state index is 0.826. The molecular weight excluding hydrogens is 97.0 g/mol. The zero-order valence-electron chi connectivity index (χ0n) is 3.07. The Balaban J connectivity index is 3.05. The molecule has 0 aliphatic heterocycles. The van der Waals surface area contributed by atoms with Crippen LogP contribution in [0.3, 0.4) is 0 Å². The first-order valence-electron chi connectivity index (χ1n) is 1.51. The van der Waals surface area contributed by atoms with Gasteiger partial charge >= 0.3 is 0 Å². The molecule has 0 atom stereocenters. The zero-order chi connectivity index (χ0) is 4.41. The first kappa shape index (κ1) is 3.78. The highest BCUT2D eigenvalue weighted by atomic mass is 31.1. The molecule has 0 spiro atoms. The SMILES string of the molecule is Np1nccn1. The molecule has 0 saturated heterocycles. The minimum Gasteiger partial charge on any atom is -0.259 e. The van der Waals surface area contributed by atoms with E-state index in [1.807, 2.05) is 0 Å². The summed E-state index contributed by atoms with van der Waals surface area (Å²) in [5, 5.41) is 0. The van der Waals surface area contributed by atoms with E-state index in [0.717, 1.165) is 0 Å². The molecule has 0 aromatic carbocycles. The Kier molecular flexibility index (Phi) is 0.862. The van der Waals surface area contributed by atoms with Crippen LogP contribution in [0.5, 0.6) is 0 Å². The normalized spacial score (nSPS) is 8.83. The fourth-order valence-electron chi connectivity index (χ4n) is 0.226. The standard InChI is InChI=1S/C2H4N3P/c3-6-4-1-2-5-6/h1-2H,3H2. The first-order chi connectivity index (χ1) is 2.89. The maximum atomic E-state index is 5.20. The molecule has 32 valence electrons. The molecule has 1 rings (SSSR count). The molecule has 4 heteroatoms. The Bertz CT molecular complexity index is 112. The van der Waals surface area contributed by atoms with E-state index in [0.29, 0.717) is 0 Å². The summed E-state index contributed by atoms with van der Waals surface area (Å²) in [7, 11) is -0.826. The molecule has 0 radical (unpaired) electrons. The molecule has 0 aliphatic rings. The Morgan fingerprint density at radius 3 is 2.00 bits per heavy atom. The quantitative estimate of drug-likeness (QED) is 0.507. The molecule has 6 heavy (non-hydrogen) atoms. The van der Waals surface area contributed by atoms with Crippen molar-refractivity contribution in [3.63, 3.8) is 0 Å². The number of aromatic nitrogens is 2. The van der Waals surface area contributed by atoms with Crippen LogP contribution in [0.1, 0.15) is 0 Å². The Morgan fingerprint density at radius 1 is 1.33 bits per heavy atom. The fourth-order valence-corrected chi connectivity index (χ4v) is 0.678. The van der Waals surface area contributed by atoms with Crippen LogP contribution in [0.2, 0.25) is 0 Å². The average molecular weight is 101 g/mol. The van der Waals surface area contributed by atoms with Gasteiger partial charge < -0.3 is 0 Å². The average Bonchev–Trinajstić information content (AvgIpc) is 1.86. The lowest BCUT2D eigenvalue weighted by molar-refractivity contribution is 1.53. The molecule has 1 aromatic rings. The van der Waals surface area contributed by atoms with Gasteiger partial charge in [-0.15, -0.1) is 0 Å². The van der Waals surface area contributed by atoms with E-state index in [1.165, 1.54) is 0 Å². The molecule has 0 fully saturated rings. The highest BCUT2D eigenvalue weighted by Gasteiger charge is 1.75. The van der Waals surface area contributed by atoms with Crippen molar-refractivity contribution in [2.24, 2.45) is 0 Å². The van der Waals surface area contributed by atoms with E-state index in [-0.39, 0.29) is 0 Å². The first-order valence-corrected chi connectivity index (χ1v) is 2.82. The highest BCUT2D eigenvalue weighted by molar-refractivity contribution is 7.41. The van der Waals surface area contributed by atoms with Crippen LogP contribution in [-0.4, -0.2) is 9.49 Å². The summed E-state index contributed by atoms with van der Waals surface area (Å²) in [6, 6.07) is 0. The van der Waals surface area contributed by atoms with Gasteiger partial charge in [-0.1, -0.05) is 0 Å². The monoisotopic (exact) mass is 101 g/mol. The van der Waals surface area contributed by atoms with Crippen molar-refractivity contribution in [1.29, 1.82) is 0 Å². The lowest BCUT2D eigenvalue weighted by Gasteiger charge is -1.67. The maximum Gasteiger partial charge on any atom is 0.141 e. The summed E-state index contributed by atoms with van der Waals surface area (Å²) < 4.78 is 7.46. The number of rotatable bonds is 0. The predicted octanol–water partition coefficient (Wildman–Crippen LogP) is 0.177. The second-order valence-electron chi connectivity index (χ2n) is 0.849. The molecule has 0 bridgehead atoms. The Morgan fingerprint density at radius 2 is 1.83 bits per heavy atom. The molecule has 2 N–H and O–H groups in total. The molecule has 1 heterocycles. The molecule has 0 unspecified atom stereocenters. The molecule has 0 saturated carbocycles. The van der Waals surface area contributed by atoms with Crippen LogP contribution >= 0.6 is 8.00 Å². The summed E-state index contributed by atoms with van der Waals surface area (Å²) >= 11 is 0. The van der Waals surface area contributed by atoms with Crippen LogP contribution in [0.15, 0.2) is 12.4 Å². The Labute approximate surface area is 36.5 Å². The zero-order valence-corrected chi connectivity index (χ0v) is 3.97. The topological polar surface area (TPSA) is 51.8 Å². The maximum absolute atomic E-state index is 5.20. The van der Waals surface area contributed by atoms with Gasteiger partial charge in [0.15, 0.2) is 0 Å². The van der Waals surface area contributed by atoms with Crippen molar-refractivity contribution in [3.05, 3.63) is 12.4 Å². The van der Waals surface area contributed by atoms with Gasteiger partial charge in [0.05, 0.1) is 12.4 Å². The lowest BCUT2D eigenvalue weighted by atomic mass is 11.0. The van der Waals surface area contributed by atoms with Crippen molar-refractivity contribution in [3.8, 4) is 0 Å². The minimum atomic E-state index is -0.826. The smallest absolute Gasteiger partial charge is 0.141 e.